The smallest absolute Gasteiger partial charge is 0.0873 e. The Balaban J connectivity index is 2.90. The summed E-state index contributed by atoms with van der Waals surface area (Å²) in [5.74, 6) is 0. The number of rotatable bonds is 5. The van der Waals surface area contributed by atoms with Crippen LogP contribution in [0.15, 0.2) is 25.0 Å². The zero-order chi connectivity index (χ0) is 6.95. The van der Waals surface area contributed by atoms with Crippen LogP contribution in [0.3, 0.4) is 0 Å². The zero-order valence-electron chi connectivity index (χ0n) is 5.97. The van der Waals surface area contributed by atoms with Crippen LogP contribution in [0.2, 0.25) is 0 Å². The number of hydrogen-bond acceptors (Lipinski definition) is 1. The third kappa shape index (κ3) is 7.28. The molecule has 0 amide bonds. The predicted molar refractivity (Wildman–Crippen MR) is 40.2 cm³/mol. The summed E-state index contributed by atoms with van der Waals surface area (Å²) in [5.41, 5.74) is 0. The van der Waals surface area contributed by atoms with Crippen molar-refractivity contribution < 1.29 is 4.74 Å². The van der Waals surface area contributed by atoms with Gasteiger partial charge in [-0.3, -0.25) is 0 Å². The van der Waals surface area contributed by atoms with Crippen LogP contribution in [-0.2, 0) is 4.74 Å². The van der Waals surface area contributed by atoms with E-state index in [1.807, 2.05) is 0 Å². The van der Waals surface area contributed by atoms with E-state index in [0.717, 1.165) is 13.0 Å². The van der Waals surface area contributed by atoms with E-state index < -0.39 is 0 Å². The van der Waals surface area contributed by atoms with Gasteiger partial charge in [0.1, 0.15) is 0 Å². The second-order valence-corrected chi connectivity index (χ2v) is 1.79. The summed E-state index contributed by atoms with van der Waals surface area (Å²) in [6.45, 7) is 6.47. The highest BCUT2D eigenvalue weighted by Gasteiger charge is 1.77. The molecular formula is C8H14O. The van der Waals surface area contributed by atoms with Gasteiger partial charge in [-0.2, -0.15) is 0 Å². The lowest BCUT2D eigenvalue weighted by Gasteiger charge is -1.95. The van der Waals surface area contributed by atoms with E-state index in [2.05, 4.69) is 13.5 Å². The molecule has 0 aliphatic heterocycles. The van der Waals surface area contributed by atoms with Gasteiger partial charge in [-0.05, 0) is 12.5 Å². The van der Waals surface area contributed by atoms with Gasteiger partial charge in [-0.1, -0.05) is 26.0 Å². The van der Waals surface area contributed by atoms with E-state index in [1.54, 1.807) is 18.4 Å². The Labute approximate surface area is 57.0 Å². The van der Waals surface area contributed by atoms with Gasteiger partial charge in [-0.15, -0.1) is 0 Å². The molecule has 52 valence electrons. The summed E-state index contributed by atoms with van der Waals surface area (Å²) in [7, 11) is 0. The maximum atomic E-state index is 5.06. The molecule has 0 rings (SSSR count). The van der Waals surface area contributed by atoms with Crippen LogP contribution in [0.1, 0.15) is 19.8 Å². The summed E-state index contributed by atoms with van der Waals surface area (Å²) < 4.78 is 5.06. The van der Waals surface area contributed by atoms with Crippen molar-refractivity contribution in [3.8, 4) is 0 Å². The fourth-order valence-electron chi connectivity index (χ4n) is 0.407. The van der Waals surface area contributed by atoms with Gasteiger partial charge < -0.3 is 4.74 Å². The second kappa shape index (κ2) is 7.28. The minimum absolute atomic E-state index is 0.820. The van der Waals surface area contributed by atoms with Gasteiger partial charge in [-0.25, -0.2) is 0 Å². The largest absolute Gasteiger partial charge is 0.501 e. The van der Waals surface area contributed by atoms with Crippen LogP contribution in [-0.4, -0.2) is 6.61 Å². The van der Waals surface area contributed by atoms with Crippen LogP contribution in [0.5, 0.6) is 0 Å². The van der Waals surface area contributed by atoms with Gasteiger partial charge in [0, 0.05) is 0 Å². The second-order valence-electron chi connectivity index (χ2n) is 1.79. The van der Waals surface area contributed by atoms with Crippen LogP contribution < -0.4 is 0 Å². The number of hydrogen-bond donors (Lipinski definition) is 0. The summed E-state index contributed by atoms with van der Waals surface area (Å²) >= 11 is 0. The van der Waals surface area contributed by atoms with Crippen LogP contribution >= 0.6 is 0 Å². The molecule has 0 bridgehead atoms. The molecule has 9 heavy (non-hydrogen) atoms. The van der Waals surface area contributed by atoms with E-state index in [4.69, 9.17) is 4.74 Å². The molecule has 1 nitrogen and oxygen atoms in total. The van der Waals surface area contributed by atoms with Crippen LogP contribution in [0, 0.1) is 0 Å². The Morgan fingerprint density at radius 3 is 2.89 bits per heavy atom. The van der Waals surface area contributed by atoms with Gasteiger partial charge in [0.25, 0.3) is 0 Å². The SMILES string of the molecule is C=CC=COCCCC. The lowest BCUT2D eigenvalue weighted by Crippen LogP contribution is -1.84. The number of unbranched alkanes of at least 4 members (excludes halogenated alkanes) is 1. The lowest BCUT2D eigenvalue weighted by molar-refractivity contribution is 0.244. The first kappa shape index (κ1) is 8.28. The van der Waals surface area contributed by atoms with E-state index in [9.17, 15) is 0 Å². The van der Waals surface area contributed by atoms with Crippen molar-refractivity contribution in [1.29, 1.82) is 0 Å². The average Bonchev–Trinajstić information content (AvgIpc) is 1.89. The molecule has 0 aromatic carbocycles. The number of ether oxygens (including phenoxy) is 1. The topological polar surface area (TPSA) is 9.23 Å². The third-order valence-corrected chi connectivity index (χ3v) is 0.927. The molecule has 0 radical (unpaired) electrons. The minimum Gasteiger partial charge on any atom is -0.501 e. The quantitative estimate of drug-likeness (QED) is 0.312. The first-order valence-corrected chi connectivity index (χ1v) is 3.31. The molecule has 0 saturated heterocycles. The van der Waals surface area contributed by atoms with Crippen molar-refractivity contribution in [2.45, 2.75) is 19.8 Å². The van der Waals surface area contributed by atoms with Crippen LogP contribution in [0.4, 0.5) is 0 Å². The van der Waals surface area contributed by atoms with Gasteiger partial charge in [0.15, 0.2) is 0 Å². The molecule has 0 saturated carbocycles. The summed E-state index contributed by atoms with van der Waals surface area (Å²) in [6, 6.07) is 0. The molecule has 0 unspecified atom stereocenters. The van der Waals surface area contributed by atoms with E-state index in [1.165, 1.54) is 6.42 Å². The molecule has 0 heterocycles. The molecule has 0 fully saturated rings. The monoisotopic (exact) mass is 126 g/mol. The average molecular weight is 126 g/mol. The highest BCUT2D eigenvalue weighted by Crippen LogP contribution is 1.87. The third-order valence-electron chi connectivity index (χ3n) is 0.927. The van der Waals surface area contributed by atoms with Gasteiger partial charge in [0.05, 0.1) is 12.9 Å². The van der Waals surface area contributed by atoms with Crippen molar-refractivity contribution in [3.63, 3.8) is 0 Å². The fourth-order valence-corrected chi connectivity index (χ4v) is 0.407. The molecule has 0 spiro atoms. The highest BCUT2D eigenvalue weighted by molar-refractivity contribution is 4.92. The highest BCUT2D eigenvalue weighted by atomic mass is 16.5. The normalized spacial score (nSPS) is 9.89. The summed E-state index contributed by atoms with van der Waals surface area (Å²) in [4.78, 5) is 0. The molecule has 0 aromatic heterocycles. The molecule has 0 N–H and O–H groups in total. The Morgan fingerprint density at radius 1 is 1.56 bits per heavy atom. The van der Waals surface area contributed by atoms with Crippen molar-refractivity contribution in [2.24, 2.45) is 0 Å². The Hall–Kier alpha value is -0.720. The molecule has 0 aliphatic rings. The maximum Gasteiger partial charge on any atom is 0.0873 e. The summed E-state index contributed by atoms with van der Waals surface area (Å²) in [6.07, 6.45) is 7.47. The van der Waals surface area contributed by atoms with Crippen LogP contribution in [0.25, 0.3) is 0 Å². The van der Waals surface area contributed by atoms with Crippen molar-refractivity contribution in [3.05, 3.63) is 25.0 Å². The Bertz CT molecular complexity index is 84.6. The first-order chi connectivity index (χ1) is 4.41. The first-order valence-electron chi connectivity index (χ1n) is 3.31. The van der Waals surface area contributed by atoms with E-state index in [0.29, 0.717) is 0 Å². The van der Waals surface area contributed by atoms with Gasteiger partial charge >= 0.3 is 0 Å². The lowest BCUT2D eigenvalue weighted by atomic mass is 10.4. The minimum atomic E-state index is 0.820. The Morgan fingerprint density at radius 2 is 2.33 bits per heavy atom. The molecule has 0 aliphatic carbocycles. The molecular weight excluding hydrogens is 112 g/mol. The maximum absolute atomic E-state index is 5.06. The Kier molecular flexibility index (Phi) is 6.70. The summed E-state index contributed by atoms with van der Waals surface area (Å²) in [5, 5.41) is 0. The van der Waals surface area contributed by atoms with E-state index >= 15 is 0 Å². The standard InChI is InChI=1S/C8H14O/c1-3-5-7-9-8-6-4-2/h3,5,7H,1,4,6,8H2,2H3. The molecule has 1 heteroatoms. The fraction of sp³-hybridized carbons (Fsp3) is 0.500. The van der Waals surface area contributed by atoms with E-state index in [-0.39, 0.29) is 0 Å². The molecule has 0 aromatic rings. The molecule has 0 atom stereocenters. The number of allylic oxidation sites excluding steroid dienone is 2. The van der Waals surface area contributed by atoms with Crippen molar-refractivity contribution >= 4 is 0 Å². The van der Waals surface area contributed by atoms with Crippen molar-refractivity contribution in [1.82, 2.24) is 0 Å². The van der Waals surface area contributed by atoms with Gasteiger partial charge in [0.2, 0.25) is 0 Å². The van der Waals surface area contributed by atoms with Crippen molar-refractivity contribution in [2.75, 3.05) is 6.61 Å². The zero-order valence-corrected chi connectivity index (χ0v) is 5.97. The predicted octanol–water partition coefficient (Wildman–Crippen LogP) is 2.50.